The van der Waals surface area contributed by atoms with E-state index < -0.39 is 6.10 Å². The molecule has 94 valence electrons. The quantitative estimate of drug-likeness (QED) is 0.823. The van der Waals surface area contributed by atoms with Crippen LogP contribution in [-0.2, 0) is 4.79 Å². The maximum Gasteiger partial charge on any atom is 0.220 e. The Morgan fingerprint density at radius 1 is 1.35 bits per heavy atom. The number of aryl methyl sites for hydroxylation is 1. The molecule has 1 rings (SSSR count). The van der Waals surface area contributed by atoms with Crippen molar-refractivity contribution >= 4 is 5.91 Å². The normalized spacial score (nSPS) is 14.1. The molecular formula is C14H21NO2. The third-order valence-electron chi connectivity index (χ3n) is 2.82. The molecule has 3 nitrogen and oxygen atoms in total. The fourth-order valence-electron chi connectivity index (χ4n) is 1.80. The van der Waals surface area contributed by atoms with Crippen molar-refractivity contribution in [1.82, 2.24) is 5.32 Å². The second kappa shape index (κ2) is 6.40. The van der Waals surface area contributed by atoms with Crippen LogP contribution in [0.25, 0.3) is 0 Å². The van der Waals surface area contributed by atoms with Gasteiger partial charge in [0.1, 0.15) is 0 Å². The third kappa shape index (κ3) is 4.57. The molecule has 0 heterocycles. The highest BCUT2D eigenvalue weighted by Gasteiger charge is 2.11. The molecule has 0 fully saturated rings. The van der Waals surface area contributed by atoms with Crippen LogP contribution in [0.15, 0.2) is 24.3 Å². The standard InChI is InChI=1S/C14H21NO2/c1-10-6-4-5-7-13(10)12(3)15-14(17)9-8-11(2)16/h4-7,11-12,16H,8-9H2,1-3H3,(H,15,17). The number of benzene rings is 1. The predicted octanol–water partition coefficient (Wildman–Crippen LogP) is 2.33. The van der Waals surface area contributed by atoms with E-state index in [1.807, 2.05) is 38.1 Å². The number of aliphatic hydroxyl groups is 1. The largest absolute Gasteiger partial charge is 0.393 e. The molecule has 0 aliphatic carbocycles. The number of rotatable bonds is 5. The molecular weight excluding hydrogens is 214 g/mol. The van der Waals surface area contributed by atoms with Gasteiger partial charge in [-0.2, -0.15) is 0 Å². The lowest BCUT2D eigenvalue weighted by atomic mass is 10.0. The molecule has 2 N–H and O–H groups in total. The van der Waals surface area contributed by atoms with E-state index in [2.05, 4.69) is 5.32 Å². The molecule has 17 heavy (non-hydrogen) atoms. The van der Waals surface area contributed by atoms with Crippen molar-refractivity contribution in [2.45, 2.75) is 45.8 Å². The topological polar surface area (TPSA) is 49.3 Å². The number of aliphatic hydroxyl groups excluding tert-OH is 1. The molecule has 0 aliphatic rings. The summed E-state index contributed by atoms with van der Waals surface area (Å²) < 4.78 is 0. The van der Waals surface area contributed by atoms with Gasteiger partial charge in [0.25, 0.3) is 0 Å². The summed E-state index contributed by atoms with van der Waals surface area (Å²) in [5.41, 5.74) is 2.31. The Hall–Kier alpha value is -1.35. The first-order valence-electron chi connectivity index (χ1n) is 6.03. The van der Waals surface area contributed by atoms with Crippen LogP contribution in [0.3, 0.4) is 0 Å². The second-order valence-corrected chi connectivity index (χ2v) is 4.53. The van der Waals surface area contributed by atoms with E-state index in [4.69, 9.17) is 5.11 Å². The van der Waals surface area contributed by atoms with Gasteiger partial charge in [0.2, 0.25) is 5.91 Å². The van der Waals surface area contributed by atoms with Crippen molar-refractivity contribution < 1.29 is 9.90 Å². The van der Waals surface area contributed by atoms with Crippen LogP contribution < -0.4 is 5.32 Å². The molecule has 0 aromatic heterocycles. The fraction of sp³-hybridized carbons (Fsp3) is 0.500. The summed E-state index contributed by atoms with van der Waals surface area (Å²) in [6, 6.07) is 8.03. The first-order chi connectivity index (χ1) is 8.00. The SMILES string of the molecule is Cc1ccccc1C(C)NC(=O)CCC(C)O. The zero-order valence-electron chi connectivity index (χ0n) is 10.7. The summed E-state index contributed by atoms with van der Waals surface area (Å²) in [6.45, 7) is 5.70. The van der Waals surface area contributed by atoms with E-state index in [9.17, 15) is 4.79 Å². The van der Waals surface area contributed by atoms with Crippen molar-refractivity contribution in [2.24, 2.45) is 0 Å². The molecule has 0 saturated carbocycles. The Labute approximate surface area is 103 Å². The summed E-state index contributed by atoms with van der Waals surface area (Å²) in [5, 5.41) is 12.1. The third-order valence-corrected chi connectivity index (χ3v) is 2.82. The van der Waals surface area contributed by atoms with Crippen LogP contribution in [0.5, 0.6) is 0 Å². The zero-order valence-corrected chi connectivity index (χ0v) is 10.7. The van der Waals surface area contributed by atoms with Crippen LogP contribution in [0.2, 0.25) is 0 Å². The average molecular weight is 235 g/mol. The van der Waals surface area contributed by atoms with E-state index >= 15 is 0 Å². The van der Waals surface area contributed by atoms with Gasteiger partial charge in [0.05, 0.1) is 12.1 Å². The molecule has 3 heteroatoms. The van der Waals surface area contributed by atoms with Crippen LogP contribution >= 0.6 is 0 Å². The number of hydrogen-bond donors (Lipinski definition) is 2. The highest BCUT2D eigenvalue weighted by Crippen LogP contribution is 2.16. The van der Waals surface area contributed by atoms with Crippen molar-refractivity contribution in [3.05, 3.63) is 35.4 Å². The molecule has 2 atom stereocenters. The van der Waals surface area contributed by atoms with Gasteiger partial charge in [-0.05, 0) is 38.3 Å². The number of carbonyl (C=O) groups excluding carboxylic acids is 1. The average Bonchev–Trinajstić information content (AvgIpc) is 2.26. The molecule has 1 amide bonds. The highest BCUT2D eigenvalue weighted by molar-refractivity contribution is 5.76. The molecule has 1 aromatic rings. The van der Waals surface area contributed by atoms with Gasteiger partial charge in [-0.15, -0.1) is 0 Å². The predicted molar refractivity (Wildman–Crippen MR) is 68.7 cm³/mol. The van der Waals surface area contributed by atoms with E-state index in [-0.39, 0.29) is 11.9 Å². The minimum absolute atomic E-state index is 0.0118. The maximum absolute atomic E-state index is 11.6. The van der Waals surface area contributed by atoms with Gasteiger partial charge in [-0.25, -0.2) is 0 Å². The minimum atomic E-state index is -0.422. The lowest BCUT2D eigenvalue weighted by molar-refractivity contribution is -0.122. The Morgan fingerprint density at radius 2 is 2.00 bits per heavy atom. The minimum Gasteiger partial charge on any atom is -0.393 e. The van der Waals surface area contributed by atoms with Gasteiger partial charge in [0.15, 0.2) is 0 Å². The zero-order chi connectivity index (χ0) is 12.8. The number of hydrogen-bond acceptors (Lipinski definition) is 2. The molecule has 0 bridgehead atoms. The Bertz CT molecular complexity index is 374. The van der Waals surface area contributed by atoms with Crippen LogP contribution in [0.4, 0.5) is 0 Å². The summed E-state index contributed by atoms with van der Waals surface area (Å²) in [4.78, 5) is 11.6. The first kappa shape index (κ1) is 13.7. The number of carbonyl (C=O) groups is 1. The van der Waals surface area contributed by atoms with Crippen LogP contribution in [0, 0.1) is 6.92 Å². The van der Waals surface area contributed by atoms with Crippen molar-refractivity contribution in [1.29, 1.82) is 0 Å². The van der Waals surface area contributed by atoms with Crippen molar-refractivity contribution in [2.75, 3.05) is 0 Å². The summed E-state index contributed by atoms with van der Waals surface area (Å²) in [6.07, 6.45) is 0.453. The van der Waals surface area contributed by atoms with E-state index in [0.29, 0.717) is 12.8 Å². The fourth-order valence-corrected chi connectivity index (χ4v) is 1.80. The lowest BCUT2D eigenvalue weighted by Gasteiger charge is -2.16. The summed E-state index contributed by atoms with van der Waals surface area (Å²) >= 11 is 0. The lowest BCUT2D eigenvalue weighted by Crippen LogP contribution is -2.27. The van der Waals surface area contributed by atoms with Gasteiger partial charge in [-0.1, -0.05) is 24.3 Å². The summed E-state index contributed by atoms with van der Waals surface area (Å²) in [5.74, 6) is -0.0124. The number of nitrogens with one attached hydrogen (secondary N) is 1. The van der Waals surface area contributed by atoms with Crippen molar-refractivity contribution in [3.8, 4) is 0 Å². The second-order valence-electron chi connectivity index (χ2n) is 4.53. The smallest absolute Gasteiger partial charge is 0.220 e. The van der Waals surface area contributed by atoms with Gasteiger partial charge < -0.3 is 10.4 Å². The maximum atomic E-state index is 11.6. The molecule has 1 aromatic carbocycles. The Balaban J connectivity index is 2.52. The van der Waals surface area contributed by atoms with E-state index in [0.717, 1.165) is 5.56 Å². The first-order valence-corrected chi connectivity index (χ1v) is 6.03. The Morgan fingerprint density at radius 3 is 2.59 bits per heavy atom. The molecule has 0 spiro atoms. The summed E-state index contributed by atoms with van der Waals surface area (Å²) in [7, 11) is 0. The van der Waals surface area contributed by atoms with Gasteiger partial charge in [-0.3, -0.25) is 4.79 Å². The molecule has 2 unspecified atom stereocenters. The monoisotopic (exact) mass is 235 g/mol. The van der Waals surface area contributed by atoms with E-state index in [1.165, 1.54) is 5.56 Å². The number of amides is 1. The Kier molecular flexibility index (Phi) is 5.16. The van der Waals surface area contributed by atoms with Crippen molar-refractivity contribution in [3.63, 3.8) is 0 Å². The highest BCUT2D eigenvalue weighted by atomic mass is 16.3. The van der Waals surface area contributed by atoms with Crippen LogP contribution in [-0.4, -0.2) is 17.1 Å². The molecule has 0 aliphatic heterocycles. The van der Waals surface area contributed by atoms with Gasteiger partial charge >= 0.3 is 0 Å². The molecule has 0 radical (unpaired) electrons. The molecule has 0 saturated heterocycles. The van der Waals surface area contributed by atoms with Crippen LogP contribution in [0.1, 0.15) is 43.9 Å². The van der Waals surface area contributed by atoms with E-state index in [1.54, 1.807) is 6.92 Å². The van der Waals surface area contributed by atoms with Gasteiger partial charge in [0, 0.05) is 6.42 Å².